The van der Waals surface area contributed by atoms with Crippen molar-refractivity contribution < 1.29 is 4.79 Å². The van der Waals surface area contributed by atoms with Gasteiger partial charge in [0, 0.05) is 25.2 Å². The van der Waals surface area contributed by atoms with Gasteiger partial charge < -0.3 is 9.69 Å². The van der Waals surface area contributed by atoms with Crippen molar-refractivity contribution in [1.29, 1.82) is 0 Å². The minimum absolute atomic E-state index is 0.184. The monoisotopic (exact) mass is 375 g/mol. The smallest absolute Gasteiger partial charge is 0.130 e. The second-order valence-electron chi connectivity index (χ2n) is 9.23. The molecular weight excluding hydrogens is 342 g/mol. The lowest BCUT2D eigenvalue weighted by Crippen LogP contribution is -2.46. The molecule has 1 heterocycles. The van der Waals surface area contributed by atoms with Gasteiger partial charge in [-0.25, -0.2) is 0 Å². The molecule has 0 aromatic heterocycles. The summed E-state index contributed by atoms with van der Waals surface area (Å²) in [5.74, 6) is 0.923. The predicted octanol–water partition coefficient (Wildman–Crippen LogP) is 5.65. The van der Waals surface area contributed by atoms with Gasteiger partial charge in [-0.05, 0) is 59.4 Å². The van der Waals surface area contributed by atoms with Gasteiger partial charge in [-0.2, -0.15) is 0 Å². The van der Waals surface area contributed by atoms with Crippen molar-refractivity contribution in [2.75, 3.05) is 13.1 Å². The minimum atomic E-state index is 0.184. The molecule has 2 nitrogen and oxygen atoms in total. The Bertz CT molecular complexity index is 853. The zero-order valence-corrected chi connectivity index (χ0v) is 17.8. The summed E-state index contributed by atoms with van der Waals surface area (Å²) in [5, 5.41) is 0. The SMILES string of the molecule is C=C(c1cccc(CCC(C)=O)c1)N1CC(Cc2ccccc2C(C)(C)C)C1. The summed E-state index contributed by atoms with van der Waals surface area (Å²) in [4.78, 5) is 13.6. The highest BCUT2D eigenvalue weighted by Crippen LogP contribution is 2.32. The molecule has 0 saturated carbocycles. The molecule has 148 valence electrons. The number of carbonyl (C=O) groups is 1. The van der Waals surface area contributed by atoms with E-state index in [4.69, 9.17) is 0 Å². The van der Waals surface area contributed by atoms with Gasteiger partial charge >= 0.3 is 0 Å². The standard InChI is InChI=1S/C26H33NO/c1-19(28)13-14-21-9-8-11-23(15-21)20(2)27-17-22(18-27)16-24-10-6-7-12-25(24)26(3,4)5/h6-12,15,22H,2,13-14,16-18H2,1,3-5H3. The first kappa shape index (κ1) is 20.4. The summed E-state index contributed by atoms with van der Waals surface area (Å²) in [5.41, 5.74) is 6.62. The van der Waals surface area contributed by atoms with Gasteiger partial charge in [0.05, 0.1) is 0 Å². The second kappa shape index (κ2) is 8.34. The fourth-order valence-corrected chi connectivity index (χ4v) is 4.07. The summed E-state index contributed by atoms with van der Waals surface area (Å²) in [7, 11) is 0. The molecule has 1 fully saturated rings. The third-order valence-electron chi connectivity index (χ3n) is 5.70. The molecule has 0 unspecified atom stereocenters. The number of likely N-dealkylation sites (tertiary alicyclic amines) is 1. The Morgan fingerprint density at radius 2 is 1.82 bits per heavy atom. The molecule has 1 saturated heterocycles. The molecule has 28 heavy (non-hydrogen) atoms. The number of ketones is 1. The number of rotatable bonds is 7. The fourth-order valence-electron chi connectivity index (χ4n) is 4.07. The van der Waals surface area contributed by atoms with Crippen molar-refractivity contribution in [3.63, 3.8) is 0 Å². The van der Waals surface area contributed by atoms with E-state index in [9.17, 15) is 4.79 Å². The normalized spacial score (nSPS) is 14.6. The Labute approximate surface area is 170 Å². The third kappa shape index (κ3) is 4.92. The van der Waals surface area contributed by atoms with E-state index in [2.05, 4.69) is 80.8 Å². The molecule has 2 heteroatoms. The van der Waals surface area contributed by atoms with Gasteiger partial charge in [0.2, 0.25) is 0 Å². The lowest BCUT2D eigenvalue weighted by atomic mass is 9.80. The van der Waals surface area contributed by atoms with Gasteiger partial charge in [0.25, 0.3) is 0 Å². The van der Waals surface area contributed by atoms with Crippen LogP contribution in [0.2, 0.25) is 0 Å². The predicted molar refractivity (Wildman–Crippen MR) is 118 cm³/mol. The van der Waals surface area contributed by atoms with Crippen molar-refractivity contribution in [1.82, 2.24) is 4.90 Å². The highest BCUT2D eigenvalue weighted by atomic mass is 16.1. The number of carbonyl (C=O) groups excluding carboxylic acids is 1. The first-order chi connectivity index (χ1) is 13.2. The van der Waals surface area contributed by atoms with Gasteiger partial charge in [0.1, 0.15) is 5.78 Å². The van der Waals surface area contributed by atoms with Crippen LogP contribution in [0.25, 0.3) is 5.70 Å². The number of Topliss-reactive ketones (excluding diaryl/α,β-unsaturated/α-hetero) is 1. The number of hydrogen-bond acceptors (Lipinski definition) is 2. The molecule has 0 atom stereocenters. The molecular formula is C26H33NO. The Kier molecular flexibility index (Phi) is 6.07. The van der Waals surface area contributed by atoms with Crippen LogP contribution in [0.5, 0.6) is 0 Å². The van der Waals surface area contributed by atoms with Crippen LogP contribution in [0.15, 0.2) is 55.1 Å². The maximum Gasteiger partial charge on any atom is 0.130 e. The number of hydrogen-bond donors (Lipinski definition) is 0. The van der Waals surface area contributed by atoms with Crippen LogP contribution >= 0.6 is 0 Å². The zero-order chi connectivity index (χ0) is 20.3. The first-order valence-electron chi connectivity index (χ1n) is 10.3. The van der Waals surface area contributed by atoms with Crippen LogP contribution in [-0.2, 0) is 23.1 Å². The highest BCUT2D eigenvalue weighted by molar-refractivity contribution is 5.75. The van der Waals surface area contributed by atoms with E-state index in [-0.39, 0.29) is 11.2 Å². The maximum atomic E-state index is 11.2. The Balaban J connectivity index is 1.59. The molecule has 0 spiro atoms. The van der Waals surface area contributed by atoms with Crippen molar-refractivity contribution >= 4 is 11.5 Å². The average Bonchev–Trinajstić information content (AvgIpc) is 2.62. The molecule has 2 aromatic carbocycles. The van der Waals surface area contributed by atoms with Crippen molar-refractivity contribution in [3.8, 4) is 0 Å². The number of aryl methyl sites for hydroxylation is 1. The quantitative estimate of drug-likeness (QED) is 0.623. The summed E-state index contributed by atoms with van der Waals surface area (Å²) >= 11 is 0. The van der Waals surface area contributed by atoms with Crippen LogP contribution in [0.1, 0.15) is 56.4 Å². The van der Waals surface area contributed by atoms with E-state index < -0.39 is 0 Å². The maximum absolute atomic E-state index is 11.2. The van der Waals surface area contributed by atoms with Gasteiger partial charge in [-0.1, -0.05) is 69.8 Å². The van der Waals surface area contributed by atoms with Crippen LogP contribution in [0.3, 0.4) is 0 Å². The Morgan fingerprint density at radius 3 is 2.50 bits per heavy atom. The molecule has 0 radical (unpaired) electrons. The van der Waals surface area contributed by atoms with E-state index in [0.717, 1.165) is 31.6 Å². The first-order valence-corrected chi connectivity index (χ1v) is 10.3. The summed E-state index contributed by atoms with van der Waals surface area (Å²) in [6.07, 6.45) is 2.55. The molecule has 2 aromatic rings. The Morgan fingerprint density at radius 1 is 1.11 bits per heavy atom. The third-order valence-corrected chi connectivity index (χ3v) is 5.70. The van der Waals surface area contributed by atoms with Crippen LogP contribution in [0, 0.1) is 5.92 Å². The molecule has 0 bridgehead atoms. The highest BCUT2D eigenvalue weighted by Gasteiger charge is 2.29. The van der Waals surface area contributed by atoms with Gasteiger partial charge in [-0.3, -0.25) is 0 Å². The average molecular weight is 376 g/mol. The second-order valence-corrected chi connectivity index (χ2v) is 9.23. The van der Waals surface area contributed by atoms with Crippen molar-refractivity contribution in [2.24, 2.45) is 5.92 Å². The minimum Gasteiger partial charge on any atom is -0.371 e. The van der Waals surface area contributed by atoms with E-state index >= 15 is 0 Å². The summed E-state index contributed by atoms with van der Waals surface area (Å²) in [6.45, 7) is 15.0. The van der Waals surface area contributed by atoms with Crippen LogP contribution in [0.4, 0.5) is 0 Å². The number of nitrogens with zero attached hydrogens (tertiary/aromatic N) is 1. The lowest BCUT2D eigenvalue weighted by Gasteiger charge is -2.43. The van der Waals surface area contributed by atoms with E-state index in [1.54, 1.807) is 6.92 Å². The van der Waals surface area contributed by atoms with Crippen molar-refractivity contribution in [2.45, 2.75) is 52.4 Å². The molecule has 1 aliphatic rings. The molecule has 0 amide bonds. The summed E-state index contributed by atoms with van der Waals surface area (Å²) < 4.78 is 0. The lowest BCUT2D eigenvalue weighted by molar-refractivity contribution is -0.116. The zero-order valence-electron chi connectivity index (χ0n) is 17.8. The topological polar surface area (TPSA) is 20.3 Å². The molecule has 0 aliphatic carbocycles. The van der Waals surface area contributed by atoms with E-state index in [1.807, 2.05) is 0 Å². The fraction of sp³-hybridized carbons (Fsp3) is 0.423. The molecule has 1 aliphatic heterocycles. The van der Waals surface area contributed by atoms with Gasteiger partial charge in [0.15, 0.2) is 0 Å². The van der Waals surface area contributed by atoms with Crippen LogP contribution < -0.4 is 0 Å². The van der Waals surface area contributed by atoms with E-state index in [0.29, 0.717) is 12.3 Å². The molecule has 3 rings (SSSR count). The van der Waals surface area contributed by atoms with E-state index in [1.165, 1.54) is 22.3 Å². The van der Waals surface area contributed by atoms with Crippen LogP contribution in [-0.4, -0.2) is 23.8 Å². The van der Waals surface area contributed by atoms with Gasteiger partial charge in [-0.15, -0.1) is 0 Å². The Hall–Kier alpha value is -2.35. The molecule has 0 N–H and O–H groups in total. The largest absolute Gasteiger partial charge is 0.371 e. The summed E-state index contributed by atoms with van der Waals surface area (Å²) in [6, 6.07) is 17.4. The van der Waals surface area contributed by atoms with Crippen molar-refractivity contribution in [3.05, 3.63) is 77.4 Å². The number of benzene rings is 2.